The number of halogens is 1. The molecule has 2 aromatic rings. The number of rotatable bonds is 7. The van der Waals surface area contributed by atoms with Gasteiger partial charge >= 0.3 is 0 Å². The van der Waals surface area contributed by atoms with Gasteiger partial charge in [-0.25, -0.2) is 4.39 Å². The molecule has 143 valence electrons. The van der Waals surface area contributed by atoms with Gasteiger partial charge in [0.05, 0.1) is 6.17 Å². The number of ketones is 1. The third kappa shape index (κ3) is 5.39. The van der Waals surface area contributed by atoms with Crippen LogP contribution in [0.25, 0.3) is 0 Å². The predicted molar refractivity (Wildman–Crippen MR) is 108 cm³/mol. The van der Waals surface area contributed by atoms with Gasteiger partial charge in [-0.05, 0) is 68.4 Å². The number of likely N-dealkylation sites (tertiary alicyclic amines) is 1. The normalized spacial score (nSPS) is 16.9. The molecule has 0 aromatic heterocycles. The van der Waals surface area contributed by atoms with E-state index in [1.807, 2.05) is 36.4 Å². The highest BCUT2D eigenvalue weighted by Crippen LogP contribution is 2.24. The molecule has 1 aliphatic rings. The van der Waals surface area contributed by atoms with E-state index in [1.165, 1.54) is 5.56 Å². The zero-order valence-electron chi connectivity index (χ0n) is 16.1. The number of nitrogens with one attached hydrogen (secondary N) is 1. The number of carbonyl (C=O) groups is 1. The van der Waals surface area contributed by atoms with E-state index in [1.54, 1.807) is 19.1 Å². The SMILES string of the molecule is C[CH]C(Nc1cccc(C(C)=O)c1)N1CCC(Cc2ccc(F)cc2)CC1. The molecule has 1 fully saturated rings. The molecule has 27 heavy (non-hydrogen) atoms. The molecule has 1 unspecified atom stereocenters. The molecule has 1 heterocycles. The van der Waals surface area contributed by atoms with Crippen LogP contribution in [-0.4, -0.2) is 29.9 Å². The number of nitrogens with zero attached hydrogens (tertiary/aromatic N) is 1. The van der Waals surface area contributed by atoms with Crippen LogP contribution in [0, 0.1) is 18.2 Å². The molecule has 0 aliphatic carbocycles. The molecular weight excluding hydrogens is 339 g/mol. The van der Waals surface area contributed by atoms with Crippen LogP contribution in [-0.2, 0) is 6.42 Å². The first-order valence-electron chi connectivity index (χ1n) is 9.70. The average molecular weight is 367 g/mol. The van der Waals surface area contributed by atoms with Crippen molar-refractivity contribution in [2.45, 2.75) is 39.3 Å². The van der Waals surface area contributed by atoms with Crippen molar-refractivity contribution in [2.75, 3.05) is 18.4 Å². The molecule has 1 aliphatic heterocycles. The molecule has 1 atom stereocenters. The summed E-state index contributed by atoms with van der Waals surface area (Å²) in [5.74, 6) is 0.553. The summed E-state index contributed by atoms with van der Waals surface area (Å²) in [7, 11) is 0. The Kier molecular flexibility index (Phi) is 6.62. The van der Waals surface area contributed by atoms with E-state index < -0.39 is 0 Å². The first kappa shape index (κ1) is 19.6. The molecule has 0 spiro atoms. The Morgan fingerprint density at radius 2 is 1.93 bits per heavy atom. The van der Waals surface area contributed by atoms with Gasteiger partial charge in [0.15, 0.2) is 5.78 Å². The van der Waals surface area contributed by atoms with Gasteiger partial charge in [-0.15, -0.1) is 0 Å². The number of carbonyl (C=O) groups excluding carboxylic acids is 1. The number of Topliss-reactive ketones (excluding diaryl/α,β-unsaturated/α-hetero) is 1. The summed E-state index contributed by atoms with van der Waals surface area (Å²) in [5.41, 5.74) is 2.92. The minimum atomic E-state index is -0.171. The molecule has 1 radical (unpaired) electrons. The largest absolute Gasteiger partial charge is 0.369 e. The van der Waals surface area contributed by atoms with E-state index in [-0.39, 0.29) is 17.8 Å². The standard InChI is InChI=1S/C23H28FN2O/c1-3-23(25-22-6-4-5-20(16-22)17(2)27)26-13-11-19(12-14-26)15-18-7-9-21(24)10-8-18/h3-10,16,19,23,25H,11-15H2,1-2H3. The summed E-state index contributed by atoms with van der Waals surface area (Å²) in [4.78, 5) is 14.0. The second kappa shape index (κ2) is 9.14. The molecule has 3 rings (SSSR count). The smallest absolute Gasteiger partial charge is 0.159 e. The maximum absolute atomic E-state index is 13.1. The Bertz CT molecular complexity index is 751. The summed E-state index contributed by atoms with van der Waals surface area (Å²) in [5, 5.41) is 3.54. The quantitative estimate of drug-likeness (QED) is 0.703. The van der Waals surface area contributed by atoms with Crippen LogP contribution in [0.15, 0.2) is 48.5 Å². The van der Waals surface area contributed by atoms with Gasteiger partial charge in [-0.1, -0.05) is 31.2 Å². The van der Waals surface area contributed by atoms with Gasteiger partial charge in [-0.2, -0.15) is 0 Å². The van der Waals surface area contributed by atoms with Crippen LogP contribution in [0.3, 0.4) is 0 Å². The first-order chi connectivity index (χ1) is 13.0. The maximum Gasteiger partial charge on any atom is 0.159 e. The number of anilines is 1. The molecule has 0 amide bonds. The fraction of sp³-hybridized carbons (Fsp3) is 0.391. The Hall–Kier alpha value is -2.20. The topological polar surface area (TPSA) is 32.3 Å². The summed E-state index contributed by atoms with van der Waals surface area (Å²) < 4.78 is 13.1. The second-order valence-corrected chi connectivity index (χ2v) is 7.37. The van der Waals surface area contributed by atoms with E-state index in [2.05, 4.69) is 23.6 Å². The fourth-order valence-corrected chi connectivity index (χ4v) is 3.77. The van der Waals surface area contributed by atoms with E-state index in [9.17, 15) is 9.18 Å². The lowest BCUT2D eigenvalue weighted by molar-refractivity contribution is 0.101. The van der Waals surface area contributed by atoms with Crippen molar-refractivity contribution in [1.29, 1.82) is 0 Å². The lowest BCUT2D eigenvalue weighted by Gasteiger charge is -2.38. The van der Waals surface area contributed by atoms with E-state index in [0.717, 1.165) is 43.6 Å². The van der Waals surface area contributed by atoms with Crippen molar-refractivity contribution in [3.8, 4) is 0 Å². The molecule has 2 aromatic carbocycles. The van der Waals surface area contributed by atoms with Crippen LogP contribution >= 0.6 is 0 Å². The minimum absolute atomic E-state index is 0.0808. The molecule has 1 N–H and O–H groups in total. The first-order valence-corrected chi connectivity index (χ1v) is 9.70. The van der Waals surface area contributed by atoms with Gasteiger partial charge in [0, 0.05) is 24.3 Å². The Balaban J connectivity index is 1.54. The van der Waals surface area contributed by atoms with Crippen LogP contribution in [0.4, 0.5) is 10.1 Å². The summed E-state index contributed by atoms with van der Waals surface area (Å²) in [6.45, 7) is 5.71. The van der Waals surface area contributed by atoms with Gasteiger partial charge in [0.2, 0.25) is 0 Å². The molecule has 0 saturated carbocycles. The third-order valence-corrected chi connectivity index (χ3v) is 5.38. The molecule has 1 saturated heterocycles. The number of benzene rings is 2. The van der Waals surface area contributed by atoms with Crippen molar-refractivity contribution in [3.63, 3.8) is 0 Å². The van der Waals surface area contributed by atoms with E-state index in [4.69, 9.17) is 0 Å². The molecule has 3 nitrogen and oxygen atoms in total. The zero-order chi connectivity index (χ0) is 19.2. The average Bonchev–Trinajstić information content (AvgIpc) is 2.69. The highest BCUT2D eigenvalue weighted by Gasteiger charge is 2.24. The summed E-state index contributed by atoms with van der Waals surface area (Å²) >= 11 is 0. The lowest BCUT2D eigenvalue weighted by Crippen LogP contribution is -2.45. The number of hydrogen-bond acceptors (Lipinski definition) is 3. The van der Waals surface area contributed by atoms with Crippen molar-refractivity contribution >= 4 is 11.5 Å². The lowest BCUT2D eigenvalue weighted by atomic mass is 9.90. The fourth-order valence-electron chi connectivity index (χ4n) is 3.77. The Morgan fingerprint density at radius 1 is 1.22 bits per heavy atom. The molecular formula is C23H28FN2O. The minimum Gasteiger partial charge on any atom is -0.369 e. The molecule has 4 heteroatoms. The van der Waals surface area contributed by atoms with Crippen LogP contribution in [0.1, 0.15) is 42.6 Å². The highest BCUT2D eigenvalue weighted by atomic mass is 19.1. The van der Waals surface area contributed by atoms with Gasteiger partial charge in [-0.3, -0.25) is 9.69 Å². The van der Waals surface area contributed by atoms with E-state index >= 15 is 0 Å². The van der Waals surface area contributed by atoms with Crippen LogP contribution in [0.5, 0.6) is 0 Å². The van der Waals surface area contributed by atoms with Crippen LogP contribution in [0.2, 0.25) is 0 Å². The third-order valence-electron chi connectivity index (χ3n) is 5.38. The van der Waals surface area contributed by atoms with Crippen molar-refractivity contribution < 1.29 is 9.18 Å². The monoisotopic (exact) mass is 367 g/mol. The summed E-state index contributed by atoms with van der Waals surface area (Å²) in [6, 6.07) is 14.6. The van der Waals surface area contributed by atoms with Crippen LogP contribution < -0.4 is 5.32 Å². The van der Waals surface area contributed by atoms with E-state index in [0.29, 0.717) is 5.92 Å². The zero-order valence-corrected chi connectivity index (χ0v) is 16.1. The Morgan fingerprint density at radius 3 is 2.56 bits per heavy atom. The van der Waals surface area contributed by atoms with Crippen molar-refractivity contribution in [2.24, 2.45) is 5.92 Å². The number of piperidine rings is 1. The van der Waals surface area contributed by atoms with Crippen molar-refractivity contribution in [1.82, 2.24) is 4.90 Å². The number of hydrogen-bond donors (Lipinski definition) is 1. The van der Waals surface area contributed by atoms with Gasteiger partial charge in [0.25, 0.3) is 0 Å². The predicted octanol–water partition coefficient (Wildman–Crippen LogP) is 4.95. The highest BCUT2D eigenvalue weighted by molar-refractivity contribution is 5.94. The van der Waals surface area contributed by atoms with Gasteiger partial charge < -0.3 is 5.32 Å². The maximum atomic E-state index is 13.1. The Labute approximate surface area is 161 Å². The van der Waals surface area contributed by atoms with Crippen molar-refractivity contribution in [3.05, 3.63) is 71.9 Å². The molecule has 0 bridgehead atoms. The second-order valence-electron chi connectivity index (χ2n) is 7.37. The summed E-state index contributed by atoms with van der Waals surface area (Å²) in [6.07, 6.45) is 5.61. The van der Waals surface area contributed by atoms with Gasteiger partial charge in [0.1, 0.15) is 5.82 Å².